The molecule has 0 bridgehead atoms. The number of rotatable bonds is 5. The number of hydrogen-bond donors (Lipinski definition) is 1. The Balaban J connectivity index is 1.89. The summed E-state index contributed by atoms with van der Waals surface area (Å²) in [6.45, 7) is 9.96. The van der Waals surface area contributed by atoms with E-state index in [0.717, 1.165) is 38.5 Å². The van der Waals surface area contributed by atoms with Crippen LogP contribution in [0.3, 0.4) is 0 Å². The van der Waals surface area contributed by atoms with Gasteiger partial charge in [-0.1, -0.05) is 6.92 Å². The highest BCUT2D eigenvalue weighted by atomic mass is 16.4. The standard InChI is InChI=1S/C14H22N2O3/c1-3-4-15-5-7-16(8-6-15)10-12-9-13(14(17)18)11(2)19-12/h9H,3-8,10H2,1-2H3,(H,17,18). The van der Waals surface area contributed by atoms with Crippen molar-refractivity contribution in [3.63, 3.8) is 0 Å². The lowest BCUT2D eigenvalue weighted by molar-refractivity contribution is 0.0695. The molecule has 0 aliphatic carbocycles. The summed E-state index contributed by atoms with van der Waals surface area (Å²) in [6, 6.07) is 1.65. The smallest absolute Gasteiger partial charge is 0.339 e. The molecule has 1 aromatic heterocycles. The Kier molecular flexibility index (Phi) is 4.61. The zero-order valence-electron chi connectivity index (χ0n) is 11.7. The Morgan fingerprint density at radius 3 is 2.47 bits per heavy atom. The lowest BCUT2D eigenvalue weighted by atomic mass is 10.2. The van der Waals surface area contributed by atoms with Crippen LogP contribution < -0.4 is 0 Å². The highest BCUT2D eigenvalue weighted by Crippen LogP contribution is 2.17. The van der Waals surface area contributed by atoms with Crippen LogP contribution in [0.5, 0.6) is 0 Å². The number of carboxylic acid groups (broad SMARTS) is 1. The third kappa shape index (κ3) is 3.58. The molecule has 5 nitrogen and oxygen atoms in total. The first-order chi connectivity index (χ1) is 9.10. The molecule has 1 aromatic rings. The summed E-state index contributed by atoms with van der Waals surface area (Å²) in [7, 11) is 0. The number of carbonyl (C=O) groups is 1. The zero-order valence-corrected chi connectivity index (χ0v) is 11.7. The van der Waals surface area contributed by atoms with E-state index in [9.17, 15) is 4.79 Å². The van der Waals surface area contributed by atoms with Gasteiger partial charge < -0.3 is 14.4 Å². The molecule has 1 saturated heterocycles. The topological polar surface area (TPSA) is 56.9 Å². The predicted octanol–water partition coefficient (Wildman–Crippen LogP) is 1.81. The summed E-state index contributed by atoms with van der Waals surface area (Å²) in [5.74, 6) is 0.325. The van der Waals surface area contributed by atoms with Crippen molar-refractivity contribution in [1.82, 2.24) is 9.80 Å². The maximum atomic E-state index is 11.0. The van der Waals surface area contributed by atoms with Gasteiger partial charge >= 0.3 is 5.97 Å². The van der Waals surface area contributed by atoms with Crippen LogP contribution in [0.2, 0.25) is 0 Å². The van der Waals surface area contributed by atoms with Crippen LogP contribution in [0.1, 0.15) is 35.2 Å². The van der Waals surface area contributed by atoms with Crippen molar-refractivity contribution < 1.29 is 14.3 Å². The van der Waals surface area contributed by atoms with E-state index in [0.29, 0.717) is 12.3 Å². The molecule has 1 aliphatic rings. The molecule has 5 heteroatoms. The lowest BCUT2D eigenvalue weighted by Gasteiger charge is -2.33. The second-order valence-electron chi connectivity index (χ2n) is 5.11. The molecule has 2 heterocycles. The largest absolute Gasteiger partial charge is 0.478 e. The van der Waals surface area contributed by atoms with E-state index in [1.807, 2.05) is 0 Å². The average molecular weight is 266 g/mol. The Morgan fingerprint density at radius 2 is 1.95 bits per heavy atom. The SMILES string of the molecule is CCCN1CCN(Cc2cc(C(=O)O)c(C)o2)CC1. The number of furan rings is 1. The molecule has 0 atom stereocenters. The Morgan fingerprint density at radius 1 is 1.32 bits per heavy atom. The first-order valence-corrected chi connectivity index (χ1v) is 6.87. The van der Waals surface area contributed by atoms with Crippen LogP contribution in [0, 0.1) is 6.92 Å². The minimum atomic E-state index is -0.916. The molecule has 1 N–H and O–H groups in total. The highest BCUT2D eigenvalue weighted by Gasteiger charge is 2.19. The number of nitrogens with zero attached hydrogens (tertiary/aromatic N) is 2. The molecule has 0 amide bonds. The molecule has 2 rings (SSSR count). The normalized spacial score (nSPS) is 17.8. The van der Waals surface area contributed by atoms with Gasteiger partial charge in [0.05, 0.1) is 6.54 Å². The number of aryl methyl sites for hydroxylation is 1. The van der Waals surface area contributed by atoms with Gasteiger partial charge in [-0.2, -0.15) is 0 Å². The van der Waals surface area contributed by atoms with Crippen LogP contribution in [-0.4, -0.2) is 53.6 Å². The van der Waals surface area contributed by atoms with Crippen molar-refractivity contribution in [3.8, 4) is 0 Å². The van der Waals surface area contributed by atoms with E-state index < -0.39 is 5.97 Å². The molecule has 0 saturated carbocycles. The second-order valence-corrected chi connectivity index (χ2v) is 5.11. The molecule has 19 heavy (non-hydrogen) atoms. The Labute approximate surface area is 113 Å². The van der Waals surface area contributed by atoms with Gasteiger partial charge in [0.25, 0.3) is 0 Å². The molecule has 1 fully saturated rings. The van der Waals surface area contributed by atoms with Gasteiger partial charge in [0, 0.05) is 26.2 Å². The first-order valence-electron chi connectivity index (χ1n) is 6.87. The van der Waals surface area contributed by atoms with Crippen LogP contribution in [0.25, 0.3) is 0 Å². The lowest BCUT2D eigenvalue weighted by Crippen LogP contribution is -2.45. The summed E-state index contributed by atoms with van der Waals surface area (Å²) >= 11 is 0. The van der Waals surface area contributed by atoms with Gasteiger partial charge in [0.15, 0.2) is 0 Å². The summed E-state index contributed by atoms with van der Waals surface area (Å²) in [5, 5.41) is 9.00. The predicted molar refractivity (Wildman–Crippen MR) is 72.4 cm³/mol. The fraction of sp³-hybridized carbons (Fsp3) is 0.643. The quantitative estimate of drug-likeness (QED) is 0.881. The molecule has 0 radical (unpaired) electrons. The van der Waals surface area contributed by atoms with Crippen molar-refractivity contribution in [2.75, 3.05) is 32.7 Å². The zero-order chi connectivity index (χ0) is 13.8. The second kappa shape index (κ2) is 6.21. The maximum Gasteiger partial charge on any atom is 0.339 e. The minimum absolute atomic E-state index is 0.277. The first kappa shape index (κ1) is 14.1. The van der Waals surface area contributed by atoms with Gasteiger partial charge in [-0.15, -0.1) is 0 Å². The third-order valence-electron chi connectivity index (χ3n) is 3.58. The summed E-state index contributed by atoms with van der Waals surface area (Å²) in [6.07, 6.45) is 1.19. The van der Waals surface area contributed by atoms with Gasteiger partial charge in [-0.05, 0) is 26.0 Å². The highest BCUT2D eigenvalue weighted by molar-refractivity contribution is 5.88. The van der Waals surface area contributed by atoms with Crippen molar-refractivity contribution in [2.45, 2.75) is 26.8 Å². The van der Waals surface area contributed by atoms with Gasteiger partial charge in [-0.25, -0.2) is 4.79 Å². The van der Waals surface area contributed by atoms with Crippen LogP contribution in [-0.2, 0) is 6.54 Å². The third-order valence-corrected chi connectivity index (χ3v) is 3.58. The fourth-order valence-electron chi connectivity index (χ4n) is 2.54. The fourth-order valence-corrected chi connectivity index (χ4v) is 2.54. The molecule has 1 aliphatic heterocycles. The number of aromatic carboxylic acids is 1. The van der Waals surface area contributed by atoms with Gasteiger partial charge in [0.1, 0.15) is 17.1 Å². The van der Waals surface area contributed by atoms with Crippen molar-refractivity contribution in [2.24, 2.45) is 0 Å². The Bertz CT molecular complexity index is 434. The van der Waals surface area contributed by atoms with Gasteiger partial charge in [0.2, 0.25) is 0 Å². The van der Waals surface area contributed by atoms with Crippen molar-refractivity contribution >= 4 is 5.97 Å². The molecule has 0 spiro atoms. The van der Waals surface area contributed by atoms with Crippen molar-refractivity contribution in [1.29, 1.82) is 0 Å². The van der Waals surface area contributed by atoms with Crippen LogP contribution in [0.4, 0.5) is 0 Å². The minimum Gasteiger partial charge on any atom is -0.478 e. The monoisotopic (exact) mass is 266 g/mol. The summed E-state index contributed by atoms with van der Waals surface area (Å²) < 4.78 is 5.52. The average Bonchev–Trinajstić information content (AvgIpc) is 2.73. The van der Waals surface area contributed by atoms with E-state index in [-0.39, 0.29) is 5.56 Å². The number of piperazine rings is 1. The van der Waals surface area contributed by atoms with Crippen LogP contribution in [0.15, 0.2) is 10.5 Å². The Hall–Kier alpha value is -1.33. The van der Waals surface area contributed by atoms with E-state index in [2.05, 4.69) is 16.7 Å². The number of carboxylic acids is 1. The van der Waals surface area contributed by atoms with E-state index >= 15 is 0 Å². The van der Waals surface area contributed by atoms with E-state index in [1.54, 1.807) is 13.0 Å². The molecule has 0 aromatic carbocycles. The van der Waals surface area contributed by atoms with Crippen LogP contribution >= 0.6 is 0 Å². The molecule has 0 unspecified atom stereocenters. The van der Waals surface area contributed by atoms with Crippen molar-refractivity contribution in [3.05, 3.63) is 23.2 Å². The molecular weight excluding hydrogens is 244 g/mol. The molecular formula is C14H22N2O3. The maximum absolute atomic E-state index is 11.0. The van der Waals surface area contributed by atoms with E-state index in [4.69, 9.17) is 9.52 Å². The summed E-state index contributed by atoms with van der Waals surface area (Å²) in [5.41, 5.74) is 0.277. The molecule has 106 valence electrons. The number of hydrogen-bond acceptors (Lipinski definition) is 4. The van der Waals surface area contributed by atoms with E-state index in [1.165, 1.54) is 6.42 Å². The van der Waals surface area contributed by atoms with Gasteiger partial charge in [-0.3, -0.25) is 4.90 Å². The summed E-state index contributed by atoms with van der Waals surface area (Å²) in [4.78, 5) is 15.7.